The van der Waals surface area contributed by atoms with Gasteiger partial charge in [-0.3, -0.25) is 9.69 Å². The monoisotopic (exact) mass is 429 g/mol. The zero-order valence-corrected chi connectivity index (χ0v) is 16.2. The van der Waals surface area contributed by atoms with Gasteiger partial charge in [-0.2, -0.15) is 13.2 Å². The van der Waals surface area contributed by atoms with Crippen LogP contribution < -0.4 is 10.2 Å². The number of rotatable bonds is 5. The highest BCUT2D eigenvalue weighted by Crippen LogP contribution is 2.31. The summed E-state index contributed by atoms with van der Waals surface area (Å²) in [6, 6.07) is 9.32. The maximum atomic E-state index is 13.7. The van der Waals surface area contributed by atoms with Crippen molar-refractivity contribution < 1.29 is 22.4 Å². The second kappa shape index (κ2) is 9.00. The highest BCUT2D eigenvalue weighted by Gasteiger charge is 2.31. The summed E-state index contributed by atoms with van der Waals surface area (Å²) in [5.74, 6) is -0.910. The van der Waals surface area contributed by atoms with E-state index in [4.69, 9.17) is 11.6 Å². The lowest BCUT2D eigenvalue weighted by Crippen LogP contribution is -2.47. The zero-order chi connectivity index (χ0) is 21.0. The molecule has 1 saturated heterocycles. The molecule has 4 nitrogen and oxygen atoms in total. The molecule has 9 heteroatoms. The molecule has 1 N–H and O–H groups in total. The molecule has 0 unspecified atom stereocenters. The van der Waals surface area contributed by atoms with Crippen molar-refractivity contribution in [2.24, 2.45) is 0 Å². The van der Waals surface area contributed by atoms with Crippen LogP contribution in [-0.2, 0) is 11.0 Å². The van der Waals surface area contributed by atoms with Crippen LogP contribution in [0.3, 0.4) is 0 Å². The molecule has 2 aromatic carbocycles. The number of amides is 1. The van der Waals surface area contributed by atoms with Gasteiger partial charge in [-0.1, -0.05) is 17.7 Å². The summed E-state index contributed by atoms with van der Waals surface area (Å²) < 4.78 is 52.4. The minimum absolute atomic E-state index is 0.0776. The SMILES string of the molecule is O=C(CCN1CCN(c2cccc(C(F)(F)F)c2)CC1)Nc1ccc(Cl)cc1F. The zero-order valence-electron chi connectivity index (χ0n) is 15.5. The number of nitrogens with one attached hydrogen (secondary N) is 1. The van der Waals surface area contributed by atoms with Gasteiger partial charge in [0.1, 0.15) is 5.82 Å². The maximum absolute atomic E-state index is 13.7. The van der Waals surface area contributed by atoms with E-state index in [1.807, 2.05) is 4.90 Å². The van der Waals surface area contributed by atoms with Crippen LogP contribution in [0.5, 0.6) is 0 Å². The number of halogens is 5. The minimum Gasteiger partial charge on any atom is -0.369 e. The summed E-state index contributed by atoms with van der Waals surface area (Å²) in [5.41, 5.74) is -0.0484. The van der Waals surface area contributed by atoms with Crippen molar-refractivity contribution in [2.45, 2.75) is 12.6 Å². The number of anilines is 2. The molecule has 1 aliphatic rings. The summed E-state index contributed by atoms with van der Waals surface area (Å²) in [4.78, 5) is 16.0. The predicted molar refractivity (Wildman–Crippen MR) is 105 cm³/mol. The van der Waals surface area contributed by atoms with Crippen molar-refractivity contribution >= 4 is 28.9 Å². The number of nitrogens with zero attached hydrogens (tertiary/aromatic N) is 2. The Morgan fingerprint density at radius 3 is 2.45 bits per heavy atom. The van der Waals surface area contributed by atoms with E-state index in [0.717, 1.165) is 18.2 Å². The molecule has 0 aliphatic carbocycles. The highest BCUT2D eigenvalue weighted by molar-refractivity contribution is 6.30. The summed E-state index contributed by atoms with van der Waals surface area (Å²) in [5, 5.41) is 2.76. The smallest absolute Gasteiger partial charge is 0.369 e. The molecule has 1 aliphatic heterocycles. The third-order valence-corrected chi connectivity index (χ3v) is 5.01. The van der Waals surface area contributed by atoms with Gasteiger partial charge >= 0.3 is 6.18 Å². The topological polar surface area (TPSA) is 35.6 Å². The van der Waals surface area contributed by atoms with Crippen LogP contribution in [0, 0.1) is 5.82 Å². The molecule has 2 aromatic rings. The summed E-state index contributed by atoms with van der Waals surface area (Å²) >= 11 is 5.68. The van der Waals surface area contributed by atoms with E-state index in [-0.39, 0.29) is 23.0 Å². The number of hydrogen-bond acceptors (Lipinski definition) is 3. The third-order valence-electron chi connectivity index (χ3n) is 4.77. The van der Waals surface area contributed by atoms with Gasteiger partial charge in [0.15, 0.2) is 0 Å². The Labute approximate surface area is 171 Å². The summed E-state index contributed by atoms with van der Waals surface area (Å²) in [7, 11) is 0. The number of piperazine rings is 1. The van der Waals surface area contributed by atoms with Gasteiger partial charge < -0.3 is 10.2 Å². The van der Waals surface area contributed by atoms with Crippen molar-refractivity contribution in [3.05, 3.63) is 58.9 Å². The molecule has 0 radical (unpaired) electrons. The fourth-order valence-electron chi connectivity index (χ4n) is 3.17. The van der Waals surface area contributed by atoms with E-state index in [1.54, 1.807) is 6.07 Å². The first-order valence-corrected chi connectivity index (χ1v) is 9.49. The highest BCUT2D eigenvalue weighted by atomic mass is 35.5. The van der Waals surface area contributed by atoms with Gasteiger partial charge in [0.2, 0.25) is 5.91 Å². The van der Waals surface area contributed by atoms with Gasteiger partial charge in [-0.15, -0.1) is 0 Å². The van der Waals surface area contributed by atoms with Crippen LogP contribution in [0.1, 0.15) is 12.0 Å². The van der Waals surface area contributed by atoms with Crippen LogP contribution >= 0.6 is 11.6 Å². The summed E-state index contributed by atoms with van der Waals surface area (Å²) in [6.07, 6.45) is -4.18. The number of carbonyl (C=O) groups excluding carboxylic acids is 1. The third kappa shape index (κ3) is 5.83. The van der Waals surface area contributed by atoms with Crippen LogP contribution in [0.4, 0.5) is 28.9 Å². The average molecular weight is 430 g/mol. The van der Waals surface area contributed by atoms with Crippen molar-refractivity contribution in [3.8, 4) is 0 Å². The van der Waals surface area contributed by atoms with E-state index in [1.165, 1.54) is 18.2 Å². The number of carbonyl (C=O) groups is 1. The molecule has 29 heavy (non-hydrogen) atoms. The Balaban J connectivity index is 1.47. The lowest BCUT2D eigenvalue weighted by atomic mass is 10.1. The Morgan fingerprint density at radius 2 is 1.79 bits per heavy atom. The average Bonchev–Trinajstić information content (AvgIpc) is 2.68. The molecule has 0 bridgehead atoms. The van der Waals surface area contributed by atoms with E-state index in [2.05, 4.69) is 10.2 Å². The Bertz CT molecular complexity index is 867. The molecule has 0 saturated carbocycles. The van der Waals surface area contributed by atoms with Crippen LogP contribution in [0.25, 0.3) is 0 Å². The van der Waals surface area contributed by atoms with E-state index < -0.39 is 17.6 Å². The minimum atomic E-state index is -4.37. The number of alkyl halides is 3. The van der Waals surface area contributed by atoms with Gasteiger partial charge in [-0.25, -0.2) is 4.39 Å². The van der Waals surface area contributed by atoms with Crippen LogP contribution in [0.15, 0.2) is 42.5 Å². The Morgan fingerprint density at radius 1 is 1.07 bits per heavy atom. The molecule has 1 heterocycles. The second-order valence-electron chi connectivity index (χ2n) is 6.80. The first-order chi connectivity index (χ1) is 13.7. The maximum Gasteiger partial charge on any atom is 0.416 e. The normalized spacial score (nSPS) is 15.4. The first kappa shape index (κ1) is 21.4. The van der Waals surface area contributed by atoms with Gasteiger partial charge in [0.25, 0.3) is 0 Å². The standard InChI is InChI=1S/C20H20ClF4N3O/c21-15-4-5-18(17(22)13-15)26-19(29)6-7-27-8-10-28(11-9-27)16-3-1-2-14(12-16)20(23,24)25/h1-5,12-13H,6-11H2,(H,26,29). The lowest BCUT2D eigenvalue weighted by Gasteiger charge is -2.36. The predicted octanol–water partition coefficient (Wildman–Crippen LogP) is 4.65. The van der Waals surface area contributed by atoms with Gasteiger partial charge in [0.05, 0.1) is 11.3 Å². The van der Waals surface area contributed by atoms with E-state index >= 15 is 0 Å². The van der Waals surface area contributed by atoms with Crippen molar-refractivity contribution in [2.75, 3.05) is 42.9 Å². The molecule has 1 amide bonds. The first-order valence-electron chi connectivity index (χ1n) is 9.12. The summed E-state index contributed by atoms with van der Waals surface area (Å²) in [6.45, 7) is 2.86. The molecule has 0 aromatic heterocycles. The fraction of sp³-hybridized carbons (Fsp3) is 0.350. The Kier molecular flexibility index (Phi) is 6.64. The van der Waals surface area contributed by atoms with Crippen LogP contribution in [0.2, 0.25) is 5.02 Å². The van der Waals surface area contributed by atoms with E-state index in [9.17, 15) is 22.4 Å². The van der Waals surface area contributed by atoms with Gasteiger partial charge in [0, 0.05) is 49.9 Å². The Hall–Kier alpha value is -2.32. The quantitative estimate of drug-likeness (QED) is 0.703. The van der Waals surface area contributed by atoms with Crippen molar-refractivity contribution in [1.29, 1.82) is 0 Å². The van der Waals surface area contributed by atoms with E-state index in [0.29, 0.717) is 38.4 Å². The second-order valence-corrected chi connectivity index (χ2v) is 7.24. The lowest BCUT2D eigenvalue weighted by molar-refractivity contribution is -0.137. The molecular formula is C20H20ClF4N3O. The molecular weight excluding hydrogens is 410 g/mol. The molecule has 0 spiro atoms. The van der Waals surface area contributed by atoms with Crippen molar-refractivity contribution in [3.63, 3.8) is 0 Å². The number of benzene rings is 2. The van der Waals surface area contributed by atoms with Crippen LogP contribution in [-0.4, -0.2) is 43.5 Å². The molecule has 156 valence electrons. The molecule has 1 fully saturated rings. The fourth-order valence-corrected chi connectivity index (χ4v) is 3.33. The van der Waals surface area contributed by atoms with Gasteiger partial charge in [-0.05, 0) is 36.4 Å². The van der Waals surface area contributed by atoms with Crippen molar-refractivity contribution in [1.82, 2.24) is 4.90 Å². The molecule has 3 rings (SSSR count). The largest absolute Gasteiger partial charge is 0.416 e. The number of hydrogen-bond donors (Lipinski definition) is 1. The molecule has 0 atom stereocenters.